The van der Waals surface area contributed by atoms with E-state index in [1.165, 1.54) is 6.08 Å². The van der Waals surface area contributed by atoms with Crippen LogP contribution in [0.3, 0.4) is 0 Å². The fraction of sp³-hybridized carbons (Fsp3) is 0.375. The zero-order valence-corrected chi connectivity index (χ0v) is 22.9. The van der Waals surface area contributed by atoms with Crippen molar-refractivity contribution in [3.05, 3.63) is 96.4 Å². The normalized spacial score (nSPS) is 17.4. The zero-order chi connectivity index (χ0) is 29.9. The average molecular weight is 575 g/mol. The highest BCUT2D eigenvalue weighted by molar-refractivity contribution is 5.91. The number of alkyl halides is 3. The topological polar surface area (TPSA) is 61.8 Å². The first-order valence-electron chi connectivity index (χ1n) is 13.6. The van der Waals surface area contributed by atoms with Gasteiger partial charge in [-0.2, -0.15) is 13.2 Å². The number of hydrogen-bond acceptors (Lipinski definition) is 5. The SMILES string of the molecule is C=CCOC1(C(=O)Oc2ccc(C(=O)OC(CCCCCCC)C(F)(F)F)c(F)c2)C=CC(c2ccccc2)=CC1. The Kier molecular flexibility index (Phi) is 11.5. The Bertz CT molecular complexity index is 1250. The summed E-state index contributed by atoms with van der Waals surface area (Å²) in [5.74, 6) is -3.72. The van der Waals surface area contributed by atoms with E-state index in [2.05, 4.69) is 11.3 Å². The lowest BCUT2D eigenvalue weighted by atomic mass is 9.89. The van der Waals surface area contributed by atoms with Crippen molar-refractivity contribution in [2.24, 2.45) is 0 Å². The predicted octanol–water partition coefficient (Wildman–Crippen LogP) is 8.16. The molecule has 0 spiro atoms. The van der Waals surface area contributed by atoms with Gasteiger partial charge in [-0.25, -0.2) is 14.0 Å². The molecule has 0 aromatic heterocycles. The number of carbonyl (C=O) groups excluding carboxylic acids is 2. The summed E-state index contributed by atoms with van der Waals surface area (Å²) in [5.41, 5.74) is -0.389. The van der Waals surface area contributed by atoms with Crippen LogP contribution in [0, 0.1) is 5.82 Å². The van der Waals surface area contributed by atoms with E-state index in [4.69, 9.17) is 9.47 Å². The van der Waals surface area contributed by atoms with Crippen LogP contribution in [-0.2, 0) is 14.3 Å². The van der Waals surface area contributed by atoms with Gasteiger partial charge in [0.1, 0.15) is 11.6 Å². The smallest absolute Gasteiger partial charge is 0.425 e. The molecule has 2 aromatic rings. The van der Waals surface area contributed by atoms with Crippen LogP contribution < -0.4 is 4.74 Å². The van der Waals surface area contributed by atoms with Crippen molar-refractivity contribution in [1.29, 1.82) is 0 Å². The van der Waals surface area contributed by atoms with Crippen LogP contribution in [0.1, 0.15) is 67.8 Å². The van der Waals surface area contributed by atoms with Gasteiger partial charge in [0, 0.05) is 12.5 Å². The molecule has 3 rings (SSSR count). The Morgan fingerprint density at radius 3 is 2.41 bits per heavy atom. The average Bonchev–Trinajstić information content (AvgIpc) is 2.95. The van der Waals surface area contributed by atoms with Crippen LogP contribution in [0.5, 0.6) is 5.75 Å². The Labute approximate surface area is 237 Å². The van der Waals surface area contributed by atoms with Crippen molar-refractivity contribution in [3.63, 3.8) is 0 Å². The molecule has 2 unspecified atom stereocenters. The van der Waals surface area contributed by atoms with E-state index in [0.717, 1.165) is 48.6 Å². The molecule has 0 amide bonds. The number of esters is 2. The number of allylic oxidation sites excluding steroid dienone is 2. The van der Waals surface area contributed by atoms with Gasteiger partial charge in [0.15, 0.2) is 11.7 Å². The second-order valence-corrected chi connectivity index (χ2v) is 9.72. The van der Waals surface area contributed by atoms with E-state index in [9.17, 15) is 27.2 Å². The van der Waals surface area contributed by atoms with E-state index in [-0.39, 0.29) is 25.2 Å². The monoisotopic (exact) mass is 574 g/mol. The highest BCUT2D eigenvalue weighted by Crippen LogP contribution is 2.32. The molecular formula is C32H34F4O5. The molecule has 220 valence electrons. The van der Waals surface area contributed by atoms with Gasteiger partial charge in [-0.05, 0) is 42.2 Å². The van der Waals surface area contributed by atoms with Crippen molar-refractivity contribution in [3.8, 4) is 5.75 Å². The minimum absolute atomic E-state index is 0.0338. The molecule has 5 nitrogen and oxygen atoms in total. The molecule has 2 aromatic carbocycles. The van der Waals surface area contributed by atoms with Gasteiger partial charge >= 0.3 is 18.1 Å². The van der Waals surface area contributed by atoms with Crippen LogP contribution in [0.25, 0.3) is 5.57 Å². The molecule has 0 fully saturated rings. The summed E-state index contributed by atoms with van der Waals surface area (Å²) in [6.45, 7) is 5.62. The van der Waals surface area contributed by atoms with E-state index in [0.29, 0.717) is 6.42 Å². The molecule has 0 saturated heterocycles. The highest BCUT2D eigenvalue weighted by atomic mass is 19.4. The minimum Gasteiger partial charge on any atom is -0.449 e. The second-order valence-electron chi connectivity index (χ2n) is 9.72. The van der Waals surface area contributed by atoms with Gasteiger partial charge in [0.25, 0.3) is 0 Å². The Morgan fingerprint density at radius 1 is 1.07 bits per heavy atom. The molecule has 9 heteroatoms. The third kappa shape index (κ3) is 8.88. The molecular weight excluding hydrogens is 540 g/mol. The van der Waals surface area contributed by atoms with Gasteiger partial charge in [0.2, 0.25) is 0 Å². The number of benzene rings is 2. The zero-order valence-electron chi connectivity index (χ0n) is 22.9. The first-order valence-corrected chi connectivity index (χ1v) is 13.6. The summed E-state index contributed by atoms with van der Waals surface area (Å²) in [6, 6.07) is 12.3. The Hall–Kier alpha value is -3.72. The standard InChI is InChI=1S/C32H34F4O5/c1-3-5-6-7-11-14-28(32(34,35)36)41-29(37)26-16-15-25(22-27(26)33)40-30(38)31(39-21-4-2)19-17-24(18-20-31)23-12-9-8-10-13-23/h4,8-10,12-13,15-19,22,28H,2-3,5-7,11,14,20-21H2,1H3. The van der Waals surface area contributed by atoms with Crippen LogP contribution >= 0.6 is 0 Å². The summed E-state index contributed by atoms with van der Waals surface area (Å²) in [6.07, 6.45) is 2.59. The highest BCUT2D eigenvalue weighted by Gasteiger charge is 2.43. The molecule has 1 aliphatic carbocycles. The van der Waals surface area contributed by atoms with Crippen LogP contribution in [-0.4, -0.2) is 36.4 Å². The number of rotatable bonds is 14. The third-order valence-electron chi connectivity index (χ3n) is 6.62. The summed E-state index contributed by atoms with van der Waals surface area (Å²) in [5, 5.41) is 0. The van der Waals surface area contributed by atoms with Crippen LogP contribution in [0.4, 0.5) is 17.6 Å². The van der Waals surface area contributed by atoms with E-state index >= 15 is 0 Å². The molecule has 2 atom stereocenters. The fourth-order valence-corrected chi connectivity index (χ4v) is 4.33. The van der Waals surface area contributed by atoms with E-state index < -0.39 is 47.6 Å². The van der Waals surface area contributed by atoms with Gasteiger partial charge in [0.05, 0.1) is 12.2 Å². The molecule has 41 heavy (non-hydrogen) atoms. The number of halogens is 4. The largest absolute Gasteiger partial charge is 0.449 e. The third-order valence-corrected chi connectivity index (χ3v) is 6.62. The van der Waals surface area contributed by atoms with Crippen molar-refractivity contribution in [1.82, 2.24) is 0 Å². The van der Waals surface area contributed by atoms with Crippen molar-refractivity contribution in [2.45, 2.75) is 69.8 Å². The van der Waals surface area contributed by atoms with Crippen LogP contribution in [0.15, 0.2) is 79.4 Å². The lowest BCUT2D eigenvalue weighted by Crippen LogP contribution is -2.43. The number of ether oxygens (including phenoxy) is 3. The maximum absolute atomic E-state index is 14.8. The van der Waals surface area contributed by atoms with Crippen LogP contribution in [0.2, 0.25) is 0 Å². The van der Waals surface area contributed by atoms with Crippen molar-refractivity contribution >= 4 is 17.5 Å². The van der Waals surface area contributed by atoms with Crippen molar-refractivity contribution < 1.29 is 41.4 Å². The summed E-state index contributed by atoms with van der Waals surface area (Å²) >= 11 is 0. The molecule has 1 aliphatic rings. The Morgan fingerprint density at radius 2 is 1.80 bits per heavy atom. The predicted molar refractivity (Wildman–Crippen MR) is 148 cm³/mol. The summed E-state index contributed by atoms with van der Waals surface area (Å²) in [7, 11) is 0. The second kappa shape index (κ2) is 14.8. The first kappa shape index (κ1) is 31.8. The molecule has 0 N–H and O–H groups in total. The number of hydrogen-bond donors (Lipinski definition) is 0. The quantitative estimate of drug-likeness (QED) is 0.0749. The van der Waals surface area contributed by atoms with E-state index in [1.54, 1.807) is 12.2 Å². The molecule has 0 aliphatic heterocycles. The molecule has 0 saturated carbocycles. The van der Waals surface area contributed by atoms with E-state index in [1.807, 2.05) is 43.3 Å². The summed E-state index contributed by atoms with van der Waals surface area (Å²) in [4.78, 5) is 25.6. The maximum Gasteiger partial charge on any atom is 0.425 e. The first-order chi connectivity index (χ1) is 19.6. The molecule has 0 heterocycles. The number of unbranched alkanes of at least 4 members (excludes halogenated alkanes) is 4. The van der Waals surface area contributed by atoms with Gasteiger partial charge in [-0.1, -0.05) is 81.2 Å². The summed E-state index contributed by atoms with van der Waals surface area (Å²) < 4.78 is 71.0. The van der Waals surface area contributed by atoms with Gasteiger partial charge in [-0.3, -0.25) is 0 Å². The fourth-order valence-electron chi connectivity index (χ4n) is 4.33. The Balaban J connectivity index is 1.69. The minimum atomic E-state index is -4.78. The maximum atomic E-state index is 14.8. The molecule has 0 bridgehead atoms. The lowest BCUT2D eigenvalue weighted by molar-refractivity contribution is -0.206. The van der Waals surface area contributed by atoms with Gasteiger partial charge < -0.3 is 14.2 Å². The van der Waals surface area contributed by atoms with Crippen molar-refractivity contribution in [2.75, 3.05) is 6.61 Å². The number of carbonyl (C=O) groups is 2. The van der Waals surface area contributed by atoms with Gasteiger partial charge in [-0.15, -0.1) is 6.58 Å². The lowest BCUT2D eigenvalue weighted by Gasteiger charge is -2.30. The molecule has 0 radical (unpaired) electrons.